The largest absolute Gasteiger partial charge is 0.352 e. The molecule has 0 saturated carbocycles. The van der Waals surface area contributed by atoms with Crippen LogP contribution in [0.2, 0.25) is 10.0 Å². The molecule has 0 spiro atoms. The van der Waals surface area contributed by atoms with Gasteiger partial charge in [0, 0.05) is 33.8 Å². The van der Waals surface area contributed by atoms with E-state index >= 15 is 0 Å². The molecule has 0 atom stereocenters. The van der Waals surface area contributed by atoms with Crippen molar-refractivity contribution >= 4 is 35.0 Å². The lowest BCUT2D eigenvalue weighted by atomic mass is 10.1. The minimum atomic E-state index is -0.194. The lowest BCUT2D eigenvalue weighted by Crippen LogP contribution is -2.30. The molecule has 25 heavy (non-hydrogen) atoms. The number of hydrogen-bond acceptors (Lipinski definition) is 2. The highest BCUT2D eigenvalue weighted by Gasteiger charge is 2.10. The van der Waals surface area contributed by atoms with Crippen LogP contribution >= 0.6 is 23.2 Å². The topological polar surface area (TPSA) is 58.2 Å². The third-order valence-electron chi connectivity index (χ3n) is 3.52. The standard InChI is InChI=1S/C19H20Cl2N2O2/c1-12(2)23-19(25)15-5-3-14(4-6-15)18(24)22-10-9-13-7-8-16(20)11-17(13)21/h3-8,11-12H,9-10H2,1-2H3,(H,22,24)(H,23,25). The van der Waals surface area contributed by atoms with Gasteiger partial charge < -0.3 is 10.6 Å². The maximum atomic E-state index is 12.2. The fourth-order valence-corrected chi connectivity index (χ4v) is 2.76. The van der Waals surface area contributed by atoms with E-state index in [2.05, 4.69) is 10.6 Å². The van der Waals surface area contributed by atoms with E-state index in [4.69, 9.17) is 23.2 Å². The monoisotopic (exact) mass is 378 g/mol. The molecule has 0 bridgehead atoms. The van der Waals surface area contributed by atoms with Crippen molar-refractivity contribution < 1.29 is 9.59 Å². The molecule has 0 unspecified atom stereocenters. The van der Waals surface area contributed by atoms with Crippen molar-refractivity contribution in [3.63, 3.8) is 0 Å². The second-order valence-electron chi connectivity index (χ2n) is 5.95. The molecule has 132 valence electrons. The first-order chi connectivity index (χ1) is 11.9. The molecule has 2 amide bonds. The van der Waals surface area contributed by atoms with Crippen LogP contribution in [-0.4, -0.2) is 24.4 Å². The number of rotatable bonds is 6. The van der Waals surface area contributed by atoms with Crippen molar-refractivity contribution in [3.8, 4) is 0 Å². The van der Waals surface area contributed by atoms with E-state index < -0.39 is 0 Å². The molecule has 0 saturated heterocycles. The summed E-state index contributed by atoms with van der Waals surface area (Å²) >= 11 is 12.0. The van der Waals surface area contributed by atoms with Gasteiger partial charge in [0.25, 0.3) is 11.8 Å². The summed E-state index contributed by atoms with van der Waals surface area (Å²) in [5.41, 5.74) is 1.95. The molecule has 2 rings (SSSR count). The highest BCUT2D eigenvalue weighted by molar-refractivity contribution is 6.35. The van der Waals surface area contributed by atoms with Gasteiger partial charge in [-0.05, 0) is 62.2 Å². The van der Waals surface area contributed by atoms with Crippen LogP contribution < -0.4 is 10.6 Å². The lowest BCUT2D eigenvalue weighted by Gasteiger charge is -2.09. The molecule has 2 aromatic rings. The Hall–Kier alpha value is -2.04. The fourth-order valence-electron chi connectivity index (χ4n) is 2.26. The van der Waals surface area contributed by atoms with Crippen LogP contribution in [0.4, 0.5) is 0 Å². The van der Waals surface area contributed by atoms with Crippen molar-refractivity contribution in [2.24, 2.45) is 0 Å². The number of amides is 2. The highest BCUT2D eigenvalue weighted by Crippen LogP contribution is 2.21. The molecule has 0 aliphatic carbocycles. The Kier molecular flexibility index (Phi) is 6.85. The number of halogens is 2. The van der Waals surface area contributed by atoms with Gasteiger partial charge in [-0.15, -0.1) is 0 Å². The van der Waals surface area contributed by atoms with Gasteiger partial charge in [0.05, 0.1) is 0 Å². The van der Waals surface area contributed by atoms with Gasteiger partial charge in [0.2, 0.25) is 0 Å². The van der Waals surface area contributed by atoms with E-state index in [9.17, 15) is 9.59 Å². The van der Waals surface area contributed by atoms with Crippen LogP contribution in [0, 0.1) is 0 Å². The van der Waals surface area contributed by atoms with Crippen LogP contribution in [0.15, 0.2) is 42.5 Å². The molecule has 0 aromatic heterocycles. The molecule has 6 heteroatoms. The van der Waals surface area contributed by atoms with Crippen molar-refractivity contribution in [1.29, 1.82) is 0 Å². The summed E-state index contributed by atoms with van der Waals surface area (Å²) in [6.45, 7) is 4.25. The van der Waals surface area contributed by atoms with Crippen LogP contribution in [0.25, 0.3) is 0 Å². The third kappa shape index (κ3) is 5.76. The Morgan fingerprint density at radius 1 is 0.960 bits per heavy atom. The minimum Gasteiger partial charge on any atom is -0.352 e. The summed E-state index contributed by atoms with van der Waals surface area (Å²) in [6.07, 6.45) is 0.608. The van der Waals surface area contributed by atoms with Gasteiger partial charge >= 0.3 is 0 Å². The number of benzene rings is 2. The summed E-state index contributed by atoms with van der Waals surface area (Å²) in [5.74, 6) is -0.347. The van der Waals surface area contributed by atoms with E-state index in [0.717, 1.165) is 5.56 Å². The Bertz CT molecular complexity index is 759. The number of hydrogen-bond donors (Lipinski definition) is 2. The Morgan fingerprint density at radius 3 is 2.12 bits per heavy atom. The molecule has 2 aromatic carbocycles. The smallest absolute Gasteiger partial charge is 0.251 e. The maximum Gasteiger partial charge on any atom is 0.251 e. The zero-order chi connectivity index (χ0) is 18.4. The molecular weight excluding hydrogens is 359 g/mol. The Labute approximate surface area is 157 Å². The van der Waals surface area contributed by atoms with Crippen LogP contribution in [0.3, 0.4) is 0 Å². The van der Waals surface area contributed by atoms with Crippen LogP contribution in [0.5, 0.6) is 0 Å². The van der Waals surface area contributed by atoms with Gasteiger partial charge in [-0.1, -0.05) is 29.3 Å². The van der Waals surface area contributed by atoms with E-state index in [1.54, 1.807) is 36.4 Å². The van der Waals surface area contributed by atoms with Crippen LogP contribution in [0.1, 0.15) is 40.1 Å². The number of carbonyl (C=O) groups is 2. The van der Waals surface area contributed by atoms with E-state index in [1.165, 1.54) is 0 Å². The quantitative estimate of drug-likeness (QED) is 0.794. The van der Waals surface area contributed by atoms with Gasteiger partial charge in [-0.3, -0.25) is 9.59 Å². The van der Waals surface area contributed by atoms with Gasteiger partial charge in [0.1, 0.15) is 0 Å². The molecule has 2 N–H and O–H groups in total. The van der Waals surface area contributed by atoms with Crippen molar-refractivity contribution in [2.45, 2.75) is 26.3 Å². The van der Waals surface area contributed by atoms with Gasteiger partial charge in [-0.2, -0.15) is 0 Å². The second-order valence-corrected chi connectivity index (χ2v) is 6.79. The predicted molar refractivity (Wildman–Crippen MR) is 102 cm³/mol. The molecular formula is C19H20Cl2N2O2. The van der Waals surface area contributed by atoms with Crippen molar-refractivity contribution in [1.82, 2.24) is 10.6 Å². The van der Waals surface area contributed by atoms with Gasteiger partial charge in [-0.25, -0.2) is 0 Å². The number of nitrogens with one attached hydrogen (secondary N) is 2. The number of carbonyl (C=O) groups excluding carboxylic acids is 2. The van der Waals surface area contributed by atoms with Crippen molar-refractivity contribution in [3.05, 3.63) is 69.2 Å². The van der Waals surface area contributed by atoms with E-state index in [0.29, 0.717) is 34.1 Å². The minimum absolute atomic E-state index is 0.0650. The molecule has 0 radical (unpaired) electrons. The molecule has 0 aliphatic heterocycles. The first-order valence-electron chi connectivity index (χ1n) is 8.00. The Morgan fingerprint density at radius 2 is 1.56 bits per heavy atom. The molecule has 0 heterocycles. The zero-order valence-electron chi connectivity index (χ0n) is 14.1. The summed E-state index contributed by atoms with van der Waals surface area (Å²) in [7, 11) is 0. The predicted octanol–water partition coefficient (Wildman–Crippen LogP) is 4.10. The first kappa shape index (κ1) is 19.3. The zero-order valence-corrected chi connectivity index (χ0v) is 15.6. The average molecular weight is 379 g/mol. The SMILES string of the molecule is CC(C)NC(=O)c1ccc(C(=O)NCCc2ccc(Cl)cc2Cl)cc1. The molecule has 0 aliphatic rings. The molecule has 0 fully saturated rings. The average Bonchev–Trinajstić information content (AvgIpc) is 2.56. The lowest BCUT2D eigenvalue weighted by molar-refractivity contribution is 0.0935. The van der Waals surface area contributed by atoms with Crippen LogP contribution in [-0.2, 0) is 6.42 Å². The summed E-state index contributed by atoms with van der Waals surface area (Å²) < 4.78 is 0. The molecule has 4 nitrogen and oxygen atoms in total. The highest BCUT2D eigenvalue weighted by atomic mass is 35.5. The fraction of sp³-hybridized carbons (Fsp3) is 0.263. The first-order valence-corrected chi connectivity index (χ1v) is 8.75. The summed E-state index contributed by atoms with van der Waals surface area (Å²) in [4.78, 5) is 24.1. The summed E-state index contributed by atoms with van der Waals surface area (Å²) in [6, 6.07) is 11.9. The third-order valence-corrected chi connectivity index (χ3v) is 4.11. The van der Waals surface area contributed by atoms with Gasteiger partial charge in [0.15, 0.2) is 0 Å². The van der Waals surface area contributed by atoms with Crippen molar-refractivity contribution in [2.75, 3.05) is 6.54 Å². The second kappa shape index (κ2) is 8.88. The maximum absolute atomic E-state index is 12.2. The summed E-state index contributed by atoms with van der Waals surface area (Å²) in [5, 5.41) is 6.82. The Balaban J connectivity index is 1.89. The van der Waals surface area contributed by atoms with E-state index in [-0.39, 0.29) is 17.9 Å². The normalized spacial score (nSPS) is 10.6. The van der Waals surface area contributed by atoms with E-state index in [1.807, 2.05) is 19.9 Å².